The van der Waals surface area contributed by atoms with Crippen molar-refractivity contribution in [1.82, 2.24) is 15.5 Å². The normalized spacial score (nSPS) is 17.6. The fourth-order valence-corrected chi connectivity index (χ4v) is 1.96. The Hall–Kier alpha value is -0.350. The summed E-state index contributed by atoms with van der Waals surface area (Å²) in [5.41, 5.74) is 0. The molecule has 4 heteroatoms. The van der Waals surface area contributed by atoms with Crippen LogP contribution in [0.15, 0.2) is 0 Å². The molecule has 0 aromatic carbocycles. The highest BCUT2D eigenvalue weighted by Crippen LogP contribution is 2.18. The molecule has 0 radical (unpaired) electrons. The zero-order valence-corrected chi connectivity index (χ0v) is 10.9. The van der Waals surface area contributed by atoms with Gasteiger partial charge in [-0.05, 0) is 45.1 Å². The Bertz CT molecular complexity index is 200. The molecule has 1 saturated carbocycles. The van der Waals surface area contributed by atoms with Crippen LogP contribution in [0.1, 0.15) is 33.6 Å². The van der Waals surface area contributed by atoms with Gasteiger partial charge in [0.2, 0.25) is 0 Å². The van der Waals surface area contributed by atoms with E-state index in [4.69, 9.17) is 12.2 Å². The van der Waals surface area contributed by atoms with Gasteiger partial charge in [-0.25, -0.2) is 0 Å². The first-order chi connectivity index (χ1) is 7.15. The average Bonchev–Trinajstić information content (AvgIpc) is 2.97. The lowest BCUT2D eigenvalue weighted by atomic mass is 10.3. The molecule has 1 unspecified atom stereocenters. The molecule has 1 rings (SSSR count). The summed E-state index contributed by atoms with van der Waals surface area (Å²) in [6.45, 7) is 9.82. The van der Waals surface area contributed by atoms with Crippen molar-refractivity contribution in [2.45, 2.75) is 45.7 Å². The number of hydrogen-bond acceptors (Lipinski definition) is 2. The highest BCUT2D eigenvalue weighted by atomic mass is 32.1. The Morgan fingerprint density at radius 2 is 2.00 bits per heavy atom. The van der Waals surface area contributed by atoms with E-state index in [0.717, 1.165) is 24.7 Å². The fraction of sp³-hybridized carbons (Fsp3) is 0.909. The highest BCUT2D eigenvalue weighted by Gasteiger charge is 2.22. The zero-order chi connectivity index (χ0) is 11.3. The quantitative estimate of drug-likeness (QED) is 0.672. The van der Waals surface area contributed by atoms with E-state index in [2.05, 4.69) is 36.3 Å². The Morgan fingerprint density at radius 3 is 2.47 bits per heavy atom. The lowest BCUT2D eigenvalue weighted by molar-refractivity contribution is 0.281. The highest BCUT2D eigenvalue weighted by molar-refractivity contribution is 7.80. The van der Waals surface area contributed by atoms with Gasteiger partial charge in [-0.1, -0.05) is 13.8 Å². The predicted molar refractivity (Wildman–Crippen MR) is 69.1 cm³/mol. The van der Waals surface area contributed by atoms with Gasteiger partial charge in [-0.15, -0.1) is 0 Å². The smallest absolute Gasteiger partial charge is 0.166 e. The average molecular weight is 229 g/mol. The monoisotopic (exact) mass is 229 g/mol. The predicted octanol–water partition coefficient (Wildman–Crippen LogP) is 1.34. The number of likely N-dealkylation sites (N-methyl/N-ethyl adjacent to an activating group) is 1. The summed E-state index contributed by atoms with van der Waals surface area (Å²) < 4.78 is 0. The molecule has 0 amide bonds. The van der Waals surface area contributed by atoms with E-state index >= 15 is 0 Å². The maximum atomic E-state index is 5.23. The molecule has 0 aliphatic heterocycles. The van der Waals surface area contributed by atoms with Crippen molar-refractivity contribution >= 4 is 17.3 Å². The van der Waals surface area contributed by atoms with E-state index in [9.17, 15) is 0 Å². The van der Waals surface area contributed by atoms with Gasteiger partial charge in [0.15, 0.2) is 5.11 Å². The molecule has 0 aromatic rings. The van der Waals surface area contributed by atoms with E-state index in [-0.39, 0.29) is 0 Å². The third kappa shape index (κ3) is 5.33. The van der Waals surface area contributed by atoms with Crippen LogP contribution in [0, 0.1) is 0 Å². The lowest BCUT2D eigenvalue weighted by Crippen LogP contribution is -2.46. The summed E-state index contributed by atoms with van der Waals surface area (Å²) in [6, 6.07) is 1.06. The number of thiocarbonyl (C=S) groups is 1. The minimum atomic E-state index is 0.420. The molecular weight excluding hydrogens is 206 g/mol. The first kappa shape index (κ1) is 12.7. The first-order valence-corrected chi connectivity index (χ1v) is 6.35. The van der Waals surface area contributed by atoms with Crippen molar-refractivity contribution in [3.8, 4) is 0 Å². The summed E-state index contributed by atoms with van der Waals surface area (Å²) in [4.78, 5) is 2.40. The molecule has 1 fully saturated rings. The van der Waals surface area contributed by atoms with Crippen LogP contribution in [0.3, 0.4) is 0 Å². The number of hydrogen-bond donors (Lipinski definition) is 2. The van der Waals surface area contributed by atoms with E-state index in [1.165, 1.54) is 12.8 Å². The maximum Gasteiger partial charge on any atom is 0.166 e. The summed E-state index contributed by atoms with van der Waals surface area (Å²) in [5.74, 6) is 0. The van der Waals surface area contributed by atoms with Crippen LogP contribution in [0.2, 0.25) is 0 Å². The third-order valence-electron chi connectivity index (χ3n) is 2.72. The van der Waals surface area contributed by atoms with Crippen LogP contribution in [0.25, 0.3) is 0 Å². The van der Waals surface area contributed by atoms with Gasteiger partial charge in [0.25, 0.3) is 0 Å². The van der Waals surface area contributed by atoms with Gasteiger partial charge < -0.3 is 15.5 Å². The number of rotatable bonds is 6. The van der Waals surface area contributed by atoms with Gasteiger partial charge in [0.05, 0.1) is 0 Å². The van der Waals surface area contributed by atoms with Crippen LogP contribution < -0.4 is 10.6 Å². The SMILES string of the molecule is CCN(CC)CC(C)NC(=S)NC1CC1. The summed E-state index contributed by atoms with van der Waals surface area (Å²) in [5, 5.41) is 7.44. The zero-order valence-electron chi connectivity index (χ0n) is 10.0. The Labute approximate surface area is 98.6 Å². The first-order valence-electron chi connectivity index (χ1n) is 5.95. The topological polar surface area (TPSA) is 27.3 Å². The molecule has 1 aliphatic rings. The van der Waals surface area contributed by atoms with E-state index < -0.39 is 0 Å². The third-order valence-corrected chi connectivity index (χ3v) is 2.95. The van der Waals surface area contributed by atoms with Crippen LogP contribution >= 0.6 is 12.2 Å². The molecule has 15 heavy (non-hydrogen) atoms. The standard InChI is InChI=1S/C11H23N3S/c1-4-14(5-2)8-9(3)12-11(15)13-10-6-7-10/h9-10H,4-8H2,1-3H3,(H2,12,13,15). The molecule has 0 spiro atoms. The molecule has 0 heterocycles. The molecule has 1 atom stereocenters. The summed E-state index contributed by atoms with van der Waals surface area (Å²) in [6.07, 6.45) is 2.54. The molecule has 0 saturated heterocycles. The van der Waals surface area contributed by atoms with Crippen molar-refractivity contribution in [2.24, 2.45) is 0 Å². The molecule has 3 nitrogen and oxygen atoms in total. The van der Waals surface area contributed by atoms with Crippen LogP contribution in [-0.4, -0.2) is 41.7 Å². The summed E-state index contributed by atoms with van der Waals surface area (Å²) >= 11 is 5.23. The van der Waals surface area contributed by atoms with Gasteiger partial charge in [0.1, 0.15) is 0 Å². The van der Waals surface area contributed by atoms with E-state index in [1.54, 1.807) is 0 Å². The van der Waals surface area contributed by atoms with E-state index in [0.29, 0.717) is 12.1 Å². The lowest BCUT2D eigenvalue weighted by Gasteiger charge is -2.24. The fourth-order valence-electron chi connectivity index (χ4n) is 1.59. The van der Waals surface area contributed by atoms with Gasteiger partial charge in [-0.2, -0.15) is 0 Å². The second-order valence-electron chi connectivity index (χ2n) is 4.28. The number of nitrogens with one attached hydrogen (secondary N) is 2. The summed E-state index contributed by atoms with van der Waals surface area (Å²) in [7, 11) is 0. The van der Waals surface area contributed by atoms with Crippen LogP contribution in [0.4, 0.5) is 0 Å². The van der Waals surface area contributed by atoms with Crippen molar-refractivity contribution in [3.63, 3.8) is 0 Å². The maximum absolute atomic E-state index is 5.23. The van der Waals surface area contributed by atoms with Crippen molar-refractivity contribution < 1.29 is 0 Å². The van der Waals surface area contributed by atoms with Crippen LogP contribution in [0.5, 0.6) is 0 Å². The molecule has 0 bridgehead atoms. The van der Waals surface area contributed by atoms with Crippen molar-refractivity contribution in [1.29, 1.82) is 0 Å². The van der Waals surface area contributed by atoms with Gasteiger partial charge in [0, 0.05) is 18.6 Å². The van der Waals surface area contributed by atoms with Crippen molar-refractivity contribution in [2.75, 3.05) is 19.6 Å². The van der Waals surface area contributed by atoms with Gasteiger partial charge in [-0.3, -0.25) is 0 Å². The Morgan fingerprint density at radius 1 is 1.40 bits per heavy atom. The minimum Gasteiger partial charge on any atom is -0.360 e. The number of nitrogens with zero attached hydrogens (tertiary/aromatic N) is 1. The molecule has 0 aromatic heterocycles. The second-order valence-corrected chi connectivity index (χ2v) is 4.69. The molecular formula is C11H23N3S. The van der Waals surface area contributed by atoms with Crippen molar-refractivity contribution in [3.05, 3.63) is 0 Å². The molecule has 2 N–H and O–H groups in total. The minimum absolute atomic E-state index is 0.420. The molecule has 88 valence electrons. The van der Waals surface area contributed by atoms with Crippen LogP contribution in [-0.2, 0) is 0 Å². The van der Waals surface area contributed by atoms with E-state index in [1.807, 2.05) is 0 Å². The molecule has 1 aliphatic carbocycles. The Balaban J connectivity index is 2.15. The largest absolute Gasteiger partial charge is 0.360 e. The Kier molecular flexibility index (Phi) is 5.32. The second kappa shape index (κ2) is 6.28. The van der Waals surface area contributed by atoms with Gasteiger partial charge >= 0.3 is 0 Å².